The van der Waals surface area contributed by atoms with Gasteiger partial charge in [-0.25, -0.2) is 13.1 Å². The fourth-order valence-corrected chi connectivity index (χ4v) is 3.24. The van der Waals surface area contributed by atoms with E-state index >= 15 is 0 Å². The molecular formula is C14H20N6O4S. The topological polar surface area (TPSA) is 139 Å². The number of amides is 1. The Bertz CT molecular complexity index is 793. The third kappa shape index (κ3) is 5.31. The van der Waals surface area contributed by atoms with E-state index in [0.29, 0.717) is 19.8 Å². The molecule has 1 amide bonds. The minimum atomic E-state index is -3.85. The van der Waals surface area contributed by atoms with Gasteiger partial charge < -0.3 is 10.1 Å². The number of nitrogens with one attached hydrogen (secondary N) is 3. The van der Waals surface area contributed by atoms with Crippen molar-refractivity contribution in [2.24, 2.45) is 0 Å². The number of carbonyl (C=O) groups excluding carboxylic acids is 1. The molecule has 0 spiro atoms. The number of carbonyl (C=O) groups is 1. The smallest absolute Gasteiger partial charge is 0.251 e. The average molecular weight is 368 g/mol. The third-order valence-electron chi connectivity index (χ3n) is 3.22. The Balaban J connectivity index is 2.07. The van der Waals surface area contributed by atoms with Crippen LogP contribution in [0.5, 0.6) is 0 Å². The monoisotopic (exact) mass is 368 g/mol. The average Bonchev–Trinajstić information content (AvgIpc) is 3.13. The summed E-state index contributed by atoms with van der Waals surface area (Å²) in [6.45, 7) is 4.75. The van der Waals surface area contributed by atoms with Crippen molar-refractivity contribution in [1.82, 2.24) is 30.7 Å². The Morgan fingerprint density at radius 1 is 1.40 bits per heavy atom. The highest BCUT2D eigenvalue weighted by Crippen LogP contribution is 2.15. The molecule has 1 heterocycles. The van der Waals surface area contributed by atoms with E-state index in [4.69, 9.17) is 4.74 Å². The third-order valence-corrected chi connectivity index (χ3v) is 4.76. The maximum absolute atomic E-state index is 12.5. The van der Waals surface area contributed by atoms with Gasteiger partial charge in [-0.1, -0.05) is 11.3 Å². The summed E-state index contributed by atoms with van der Waals surface area (Å²) in [6.07, 6.45) is 0. The Labute approximate surface area is 145 Å². The number of ether oxygens (including phenoxy) is 1. The fraction of sp³-hybridized carbons (Fsp3) is 0.429. The van der Waals surface area contributed by atoms with E-state index in [-0.39, 0.29) is 22.2 Å². The number of hydrogen-bond donors (Lipinski definition) is 3. The number of hydrogen-bond acceptors (Lipinski definition) is 7. The van der Waals surface area contributed by atoms with E-state index in [1.54, 1.807) is 6.92 Å². The van der Waals surface area contributed by atoms with Crippen LogP contribution in [-0.4, -0.2) is 54.7 Å². The van der Waals surface area contributed by atoms with Gasteiger partial charge in [-0.05, 0) is 32.0 Å². The first kappa shape index (κ1) is 19.0. The Morgan fingerprint density at radius 3 is 2.88 bits per heavy atom. The number of aromatic amines is 1. The van der Waals surface area contributed by atoms with Gasteiger partial charge in [0.15, 0.2) is 5.82 Å². The van der Waals surface area contributed by atoms with Crippen molar-refractivity contribution in [3.63, 3.8) is 0 Å². The maximum atomic E-state index is 12.5. The minimum Gasteiger partial charge on any atom is -0.380 e. The molecule has 136 valence electrons. The highest BCUT2D eigenvalue weighted by molar-refractivity contribution is 7.89. The zero-order chi connectivity index (χ0) is 18.3. The second-order valence-corrected chi connectivity index (χ2v) is 6.81. The number of tetrazole rings is 1. The molecule has 0 aliphatic heterocycles. The van der Waals surface area contributed by atoms with Gasteiger partial charge in [0, 0.05) is 18.7 Å². The van der Waals surface area contributed by atoms with Crippen LogP contribution in [0.1, 0.15) is 36.1 Å². The van der Waals surface area contributed by atoms with Crippen LogP contribution in [0.4, 0.5) is 0 Å². The highest BCUT2D eigenvalue weighted by atomic mass is 32.2. The second-order valence-electron chi connectivity index (χ2n) is 5.09. The highest BCUT2D eigenvalue weighted by Gasteiger charge is 2.21. The van der Waals surface area contributed by atoms with Crippen LogP contribution >= 0.6 is 0 Å². The molecule has 10 nitrogen and oxygen atoms in total. The molecule has 0 unspecified atom stereocenters. The fourth-order valence-electron chi connectivity index (χ4n) is 1.99. The molecule has 1 aromatic heterocycles. The van der Waals surface area contributed by atoms with Crippen molar-refractivity contribution in [2.75, 3.05) is 19.8 Å². The van der Waals surface area contributed by atoms with Gasteiger partial charge in [0.1, 0.15) is 0 Å². The Hall–Kier alpha value is -2.37. The van der Waals surface area contributed by atoms with Crippen molar-refractivity contribution in [3.05, 3.63) is 35.7 Å². The number of nitrogens with zero attached hydrogens (tertiary/aromatic N) is 3. The van der Waals surface area contributed by atoms with Gasteiger partial charge in [-0.3, -0.25) is 4.79 Å². The molecule has 0 bridgehead atoms. The van der Waals surface area contributed by atoms with E-state index in [1.807, 2.05) is 6.92 Å². The van der Waals surface area contributed by atoms with E-state index < -0.39 is 16.1 Å². The Morgan fingerprint density at radius 2 is 2.20 bits per heavy atom. The molecule has 0 aliphatic carbocycles. The lowest BCUT2D eigenvalue weighted by Crippen LogP contribution is -2.29. The number of benzene rings is 1. The first-order valence-electron chi connectivity index (χ1n) is 7.65. The molecule has 3 N–H and O–H groups in total. The molecule has 0 fully saturated rings. The van der Waals surface area contributed by atoms with Crippen molar-refractivity contribution in [3.8, 4) is 0 Å². The predicted molar refractivity (Wildman–Crippen MR) is 88.2 cm³/mol. The van der Waals surface area contributed by atoms with Crippen LogP contribution in [0, 0.1) is 0 Å². The van der Waals surface area contributed by atoms with Gasteiger partial charge in [0.05, 0.1) is 17.5 Å². The summed E-state index contributed by atoms with van der Waals surface area (Å²) in [5.41, 5.74) is 0.242. The molecule has 0 radical (unpaired) electrons. The summed E-state index contributed by atoms with van der Waals surface area (Å²) in [6, 6.07) is 5.08. The first-order chi connectivity index (χ1) is 11.9. The van der Waals surface area contributed by atoms with Gasteiger partial charge in [-0.15, -0.1) is 10.2 Å². The van der Waals surface area contributed by atoms with Crippen molar-refractivity contribution in [2.45, 2.75) is 24.8 Å². The molecule has 11 heteroatoms. The zero-order valence-corrected chi connectivity index (χ0v) is 14.7. The standard InChI is InChI=1S/C14H20N6O4S/c1-3-24-8-7-15-14(21)11-5-4-6-12(9-11)25(22,23)18-10(2)13-16-19-20-17-13/h4-6,9-10,18H,3,7-8H2,1-2H3,(H,15,21)(H,16,17,19,20)/t10-/m1/s1. The van der Waals surface area contributed by atoms with Gasteiger partial charge in [-0.2, -0.15) is 5.21 Å². The van der Waals surface area contributed by atoms with Crippen LogP contribution in [0.25, 0.3) is 0 Å². The minimum absolute atomic E-state index is 0.0275. The largest absolute Gasteiger partial charge is 0.380 e. The maximum Gasteiger partial charge on any atom is 0.251 e. The summed E-state index contributed by atoms with van der Waals surface area (Å²) in [4.78, 5) is 12.1. The molecule has 0 aliphatic rings. The molecule has 2 aromatic rings. The lowest BCUT2D eigenvalue weighted by Gasteiger charge is -2.12. The van der Waals surface area contributed by atoms with Gasteiger partial charge in [0.25, 0.3) is 5.91 Å². The van der Waals surface area contributed by atoms with E-state index in [2.05, 4.69) is 30.7 Å². The number of rotatable bonds is 9. The summed E-state index contributed by atoms with van der Waals surface area (Å²) < 4.78 is 32.5. The summed E-state index contributed by atoms with van der Waals surface area (Å²) in [5.74, 6) is -0.156. The molecular weight excluding hydrogens is 348 g/mol. The molecule has 0 saturated heterocycles. The second kappa shape index (κ2) is 8.65. The van der Waals surface area contributed by atoms with E-state index in [9.17, 15) is 13.2 Å². The summed E-state index contributed by atoms with van der Waals surface area (Å²) in [5, 5.41) is 15.8. The number of sulfonamides is 1. The van der Waals surface area contributed by atoms with Crippen LogP contribution in [0.15, 0.2) is 29.2 Å². The predicted octanol–water partition coefficient (Wildman–Crippen LogP) is 0.00550. The van der Waals surface area contributed by atoms with Crippen molar-refractivity contribution < 1.29 is 17.9 Å². The summed E-state index contributed by atoms with van der Waals surface area (Å²) in [7, 11) is -3.85. The van der Waals surface area contributed by atoms with Gasteiger partial charge >= 0.3 is 0 Å². The SMILES string of the molecule is CCOCCNC(=O)c1cccc(S(=O)(=O)N[C@H](C)c2nn[nH]n2)c1. The molecule has 0 saturated carbocycles. The lowest BCUT2D eigenvalue weighted by molar-refractivity contribution is 0.0922. The first-order valence-corrected chi connectivity index (χ1v) is 9.14. The number of H-pyrrole nitrogens is 1. The quantitative estimate of drug-likeness (QED) is 0.530. The Kier molecular flexibility index (Phi) is 6.56. The number of aromatic nitrogens is 4. The summed E-state index contributed by atoms with van der Waals surface area (Å²) >= 11 is 0. The van der Waals surface area contributed by atoms with E-state index in [1.165, 1.54) is 24.3 Å². The van der Waals surface area contributed by atoms with Crippen LogP contribution in [0.3, 0.4) is 0 Å². The van der Waals surface area contributed by atoms with Crippen LogP contribution < -0.4 is 10.0 Å². The molecule has 1 atom stereocenters. The van der Waals surface area contributed by atoms with E-state index in [0.717, 1.165) is 0 Å². The lowest BCUT2D eigenvalue weighted by atomic mass is 10.2. The molecule has 2 rings (SSSR count). The van der Waals surface area contributed by atoms with Crippen molar-refractivity contribution >= 4 is 15.9 Å². The van der Waals surface area contributed by atoms with Crippen LogP contribution in [0.2, 0.25) is 0 Å². The van der Waals surface area contributed by atoms with Crippen molar-refractivity contribution in [1.29, 1.82) is 0 Å². The molecule has 25 heavy (non-hydrogen) atoms. The zero-order valence-electron chi connectivity index (χ0n) is 13.9. The molecule has 1 aromatic carbocycles. The van der Waals surface area contributed by atoms with Crippen LogP contribution in [-0.2, 0) is 14.8 Å². The van der Waals surface area contributed by atoms with Gasteiger partial charge in [0.2, 0.25) is 10.0 Å². The normalized spacial score (nSPS) is 12.7.